The van der Waals surface area contributed by atoms with Crippen molar-refractivity contribution in [3.05, 3.63) is 97.9 Å². The predicted octanol–water partition coefficient (Wildman–Crippen LogP) is 7.28. The summed E-state index contributed by atoms with van der Waals surface area (Å²) in [6.45, 7) is 1.23. The number of benzene rings is 2. The minimum absolute atomic E-state index is 0.106. The van der Waals surface area contributed by atoms with Gasteiger partial charge in [-0.1, -0.05) is 53.0 Å². The van der Waals surface area contributed by atoms with Gasteiger partial charge in [0, 0.05) is 39.8 Å². The number of amides is 1. The molecule has 36 heavy (non-hydrogen) atoms. The first-order valence-corrected chi connectivity index (χ1v) is 13.5. The van der Waals surface area contributed by atoms with Crippen LogP contribution in [0.25, 0.3) is 10.6 Å². The van der Waals surface area contributed by atoms with E-state index in [-0.39, 0.29) is 11.3 Å². The van der Waals surface area contributed by atoms with Crippen LogP contribution in [0.2, 0.25) is 15.1 Å². The number of rotatable bonds is 9. The fourth-order valence-electron chi connectivity index (χ4n) is 4.07. The first-order valence-electron chi connectivity index (χ1n) is 11.6. The first kappa shape index (κ1) is 25.0. The fourth-order valence-corrected chi connectivity index (χ4v) is 5.59. The van der Waals surface area contributed by atoms with E-state index in [1.165, 1.54) is 16.9 Å². The summed E-state index contributed by atoms with van der Waals surface area (Å²) >= 11 is 19.6. The maximum Gasteiger partial charge on any atom is 0.261 e. The van der Waals surface area contributed by atoms with Crippen molar-refractivity contribution < 1.29 is 4.79 Å². The summed E-state index contributed by atoms with van der Waals surface area (Å²) in [4.78, 5) is 23.3. The van der Waals surface area contributed by atoms with E-state index < -0.39 is 0 Å². The molecule has 5 nitrogen and oxygen atoms in total. The van der Waals surface area contributed by atoms with Gasteiger partial charge in [-0.2, -0.15) is 0 Å². The van der Waals surface area contributed by atoms with Crippen molar-refractivity contribution >= 4 is 58.0 Å². The molecule has 4 aromatic rings. The summed E-state index contributed by atoms with van der Waals surface area (Å²) in [6.07, 6.45) is 4.60. The first-order chi connectivity index (χ1) is 17.4. The second-order valence-corrected chi connectivity index (χ2v) is 11.2. The maximum atomic E-state index is 12.7. The van der Waals surface area contributed by atoms with Crippen molar-refractivity contribution in [1.82, 2.24) is 15.3 Å². The molecule has 0 unspecified atom stereocenters. The number of nitrogens with zero attached hydrogens (tertiary/aromatic N) is 2. The van der Waals surface area contributed by atoms with Gasteiger partial charge in [0.15, 0.2) is 0 Å². The highest BCUT2D eigenvalue weighted by atomic mass is 35.5. The maximum absolute atomic E-state index is 12.7. The van der Waals surface area contributed by atoms with Crippen LogP contribution in [0.3, 0.4) is 0 Å². The fraction of sp³-hybridized carbons (Fsp3) is 0.222. The van der Waals surface area contributed by atoms with Gasteiger partial charge in [-0.15, -0.1) is 11.3 Å². The SMILES string of the molecule is O=C(NCCc1ccc(Cl)cc1Cl)c1ccc(-c2ccnc(NCC3(c4ccc(Cl)cc4)CC3)n2)s1. The van der Waals surface area contributed by atoms with Crippen molar-refractivity contribution in [2.45, 2.75) is 24.7 Å². The third kappa shape index (κ3) is 5.84. The molecule has 0 radical (unpaired) electrons. The molecule has 2 N–H and O–H groups in total. The number of nitrogens with one attached hydrogen (secondary N) is 2. The molecule has 0 spiro atoms. The smallest absolute Gasteiger partial charge is 0.261 e. The van der Waals surface area contributed by atoms with E-state index in [0.29, 0.717) is 33.8 Å². The zero-order valence-electron chi connectivity index (χ0n) is 19.2. The van der Waals surface area contributed by atoms with Gasteiger partial charge < -0.3 is 10.6 Å². The molecule has 184 valence electrons. The quantitative estimate of drug-likeness (QED) is 0.227. The number of hydrogen-bond acceptors (Lipinski definition) is 5. The van der Waals surface area contributed by atoms with Crippen LogP contribution < -0.4 is 10.6 Å². The minimum atomic E-state index is -0.123. The van der Waals surface area contributed by atoms with Gasteiger partial charge in [-0.25, -0.2) is 9.97 Å². The average molecular weight is 558 g/mol. The molecular formula is C27H23Cl3N4OS. The lowest BCUT2D eigenvalue weighted by Crippen LogP contribution is -2.24. The van der Waals surface area contributed by atoms with Crippen molar-refractivity contribution in [3.63, 3.8) is 0 Å². The lowest BCUT2D eigenvalue weighted by atomic mass is 9.96. The third-order valence-corrected chi connectivity index (χ3v) is 8.27. The Kier molecular flexibility index (Phi) is 7.49. The lowest BCUT2D eigenvalue weighted by Gasteiger charge is -2.17. The molecule has 9 heteroatoms. The summed E-state index contributed by atoms with van der Waals surface area (Å²) < 4.78 is 0. The van der Waals surface area contributed by atoms with E-state index in [2.05, 4.69) is 32.7 Å². The van der Waals surface area contributed by atoms with E-state index in [0.717, 1.165) is 40.5 Å². The standard InChI is InChI=1S/C27H23Cl3N4OS/c28-19-5-2-18(3-6-19)27(11-12-27)16-33-26-32-14-10-22(34-26)23-7-8-24(36-23)25(35)31-13-9-17-1-4-20(29)15-21(17)30/h1-8,10,14-15H,9,11-13,16H2,(H,31,35)(H,32,33,34). The molecule has 1 aliphatic carbocycles. The number of aromatic nitrogens is 2. The van der Waals surface area contributed by atoms with Crippen molar-refractivity contribution in [1.29, 1.82) is 0 Å². The average Bonchev–Trinajstić information content (AvgIpc) is 3.50. The minimum Gasteiger partial charge on any atom is -0.353 e. The van der Waals surface area contributed by atoms with E-state index in [9.17, 15) is 4.79 Å². The molecule has 2 aromatic heterocycles. The second-order valence-electron chi connectivity index (χ2n) is 8.81. The Labute approximate surface area is 228 Å². The molecule has 1 saturated carbocycles. The lowest BCUT2D eigenvalue weighted by molar-refractivity contribution is 0.0958. The van der Waals surface area contributed by atoms with Crippen LogP contribution >= 0.6 is 46.1 Å². The predicted molar refractivity (Wildman–Crippen MR) is 149 cm³/mol. The van der Waals surface area contributed by atoms with Crippen molar-refractivity contribution in [2.24, 2.45) is 0 Å². The van der Waals surface area contributed by atoms with Crippen LogP contribution in [0.4, 0.5) is 5.95 Å². The molecule has 1 fully saturated rings. The molecule has 2 aromatic carbocycles. The van der Waals surface area contributed by atoms with Crippen LogP contribution in [-0.2, 0) is 11.8 Å². The molecule has 5 rings (SSSR count). The Bertz CT molecular complexity index is 1390. The Hall–Kier alpha value is -2.64. The van der Waals surface area contributed by atoms with Gasteiger partial charge in [0.1, 0.15) is 0 Å². The number of thiophene rings is 1. The van der Waals surface area contributed by atoms with Crippen LogP contribution in [0, 0.1) is 0 Å². The van der Waals surface area contributed by atoms with Crippen molar-refractivity contribution in [3.8, 4) is 10.6 Å². The Morgan fingerprint density at radius 3 is 2.50 bits per heavy atom. The molecule has 1 amide bonds. The number of carbonyl (C=O) groups is 1. The molecule has 1 aliphatic rings. The Balaban J connectivity index is 1.18. The molecular weight excluding hydrogens is 535 g/mol. The van der Waals surface area contributed by atoms with Gasteiger partial charge >= 0.3 is 0 Å². The number of hydrogen-bond donors (Lipinski definition) is 2. The van der Waals surface area contributed by atoms with E-state index >= 15 is 0 Å². The zero-order valence-corrected chi connectivity index (χ0v) is 22.3. The normalized spacial score (nSPS) is 13.9. The van der Waals surface area contributed by atoms with Gasteiger partial charge in [0.25, 0.3) is 5.91 Å². The largest absolute Gasteiger partial charge is 0.353 e. The third-order valence-electron chi connectivity index (χ3n) is 6.33. The Morgan fingerprint density at radius 1 is 0.972 bits per heavy atom. The van der Waals surface area contributed by atoms with E-state index in [1.54, 1.807) is 18.3 Å². The summed E-state index contributed by atoms with van der Waals surface area (Å²) in [7, 11) is 0. The summed E-state index contributed by atoms with van der Waals surface area (Å²) in [5.74, 6) is 0.453. The summed E-state index contributed by atoms with van der Waals surface area (Å²) in [6, 6.07) is 19.0. The number of anilines is 1. The highest BCUT2D eigenvalue weighted by Crippen LogP contribution is 2.48. The highest BCUT2D eigenvalue weighted by Gasteiger charge is 2.44. The van der Waals surface area contributed by atoms with E-state index in [4.69, 9.17) is 34.8 Å². The molecule has 0 aliphatic heterocycles. The van der Waals surface area contributed by atoms with Gasteiger partial charge in [-0.3, -0.25) is 4.79 Å². The summed E-state index contributed by atoms with van der Waals surface area (Å²) in [5.41, 5.74) is 3.11. The number of carbonyl (C=O) groups excluding carboxylic acids is 1. The van der Waals surface area contributed by atoms with Crippen LogP contribution in [-0.4, -0.2) is 29.0 Å². The number of halogens is 3. The van der Waals surface area contributed by atoms with Gasteiger partial charge in [0.05, 0.1) is 15.4 Å². The Morgan fingerprint density at radius 2 is 1.75 bits per heavy atom. The molecule has 0 saturated heterocycles. The van der Waals surface area contributed by atoms with Crippen LogP contribution in [0.1, 0.15) is 33.6 Å². The van der Waals surface area contributed by atoms with Crippen LogP contribution in [0.15, 0.2) is 66.9 Å². The van der Waals surface area contributed by atoms with Gasteiger partial charge in [-0.05, 0) is 72.9 Å². The second kappa shape index (κ2) is 10.8. The summed E-state index contributed by atoms with van der Waals surface area (Å²) in [5, 5.41) is 8.30. The molecule has 0 atom stereocenters. The van der Waals surface area contributed by atoms with E-state index in [1.807, 2.05) is 36.4 Å². The highest BCUT2D eigenvalue weighted by molar-refractivity contribution is 7.17. The molecule has 0 bridgehead atoms. The monoisotopic (exact) mass is 556 g/mol. The topological polar surface area (TPSA) is 66.9 Å². The van der Waals surface area contributed by atoms with Crippen LogP contribution in [0.5, 0.6) is 0 Å². The van der Waals surface area contributed by atoms with Gasteiger partial charge in [0.2, 0.25) is 5.95 Å². The molecule has 2 heterocycles. The zero-order chi connectivity index (χ0) is 25.1. The van der Waals surface area contributed by atoms with Crippen molar-refractivity contribution in [2.75, 3.05) is 18.4 Å².